The number of rotatable bonds is 41. The van der Waals surface area contributed by atoms with Crippen LogP contribution < -0.4 is 5.32 Å². The van der Waals surface area contributed by atoms with Crippen LogP contribution in [0.25, 0.3) is 0 Å². The summed E-state index contributed by atoms with van der Waals surface area (Å²) in [4.78, 5) is 48.6. The van der Waals surface area contributed by atoms with Crippen molar-refractivity contribution in [1.29, 1.82) is 0 Å². The number of ether oxygens (including phenoxy) is 4. The molecule has 2 unspecified atom stereocenters. The van der Waals surface area contributed by atoms with Crippen LogP contribution in [0.2, 0.25) is 0 Å². The van der Waals surface area contributed by atoms with Gasteiger partial charge < -0.3 is 24.3 Å². The molecular formula is C50H93NO8. The SMILES string of the molecule is C=C(C)C(=O)OCCCNC(=O)OC(CCCCCC)CCCCCCCCCCC(=O)OC(C)(C)C(CCCCCC)CCCCCCCCCCC(=O)OC(C)C. The van der Waals surface area contributed by atoms with Gasteiger partial charge in [0.15, 0.2) is 0 Å². The minimum atomic E-state index is -0.438. The van der Waals surface area contributed by atoms with Gasteiger partial charge in [-0.2, -0.15) is 0 Å². The van der Waals surface area contributed by atoms with Gasteiger partial charge in [-0.3, -0.25) is 9.59 Å². The lowest BCUT2D eigenvalue weighted by Gasteiger charge is -2.34. The molecule has 346 valence electrons. The maximum atomic E-state index is 13.0. The van der Waals surface area contributed by atoms with Gasteiger partial charge >= 0.3 is 24.0 Å². The van der Waals surface area contributed by atoms with E-state index in [9.17, 15) is 19.2 Å². The lowest BCUT2D eigenvalue weighted by molar-refractivity contribution is -0.162. The maximum Gasteiger partial charge on any atom is 0.407 e. The summed E-state index contributed by atoms with van der Waals surface area (Å²) in [5.74, 6) is -0.137. The third kappa shape index (κ3) is 35.8. The molecule has 0 saturated carbocycles. The van der Waals surface area contributed by atoms with Crippen LogP contribution in [-0.2, 0) is 33.3 Å². The molecule has 2 atom stereocenters. The van der Waals surface area contributed by atoms with E-state index in [4.69, 9.17) is 18.9 Å². The average molecular weight is 836 g/mol. The van der Waals surface area contributed by atoms with E-state index < -0.39 is 17.7 Å². The van der Waals surface area contributed by atoms with Crippen LogP contribution in [0.15, 0.2) is 12.2 Å². The van der Waals surface area contributed by atoms with Crippen LogP contribution in [0, 0.1) is 5.92 Å². The fourth-order valence-electron chi connectivity index (χ4n) is 7.63. The maximum absolute atomic E-state index is 13.0. The Kier molecular flexibility index (Phi) is 36.7. The van der Waals surface area contributed by atoms with E-state index in [1.54, 1.807) is 6.92 Å². The Balaban J connectivity index is 4.35. The number of nitrogens with one attached hydrogen (secondary N) is 1. The molecule has 0 spiro atoms. The molecule has 0 rings (SSSR count). The van der Waals surface area contributed by atoms with Crippen molar-refractivity contribution >= 4 is 24.0 Å². The molecule has 0 bridgehead atoms. The van der Waals surface area contributed by atoms with E-state index in [0.29, 0.717) is 37.3 Å². The number of hydrogen-bond donors (Lipinski definition) is 1. The molecule has 0 aliphatic carbocycles. The largest absolute Gasteiger partial charge is 0.463 e. The molecule has 0 radical (unpaired) electrons. The lowest BCUT2D eigenvalue weighted by atomic mass is 9.82. The zero-order valence-corrected chi connectivity index (χ0v) is 39.5. The van der Waals surface area contributed by atoms with Crippen molar-refractivity contribution in [2.24, 2.45) is 5.92 Å². The number of alkyl carbamates (subject to hydrolysis) is 1. The first-order chi connectivity index (χ1) is 28.3. The number of carbonyl (C=O) groups excluding carboxylic acids is 4. The smallest absolute Gasteiger partial charge is 0.407 e. The topological polar surface area (TPSA) is 117 Å². The Morgan fingerprint density at radius 1 is 0.559 bits per heavy atom. The molecule has 1 N–H and O–H groups in total. The molecule has 0 aliphatic heterocycles. The van der Waals surface area contributed by atoms with Crippen LogP contribution in [-0.4, -0.2) is 55.0 Å². The molecule has 9 nitrogen and oxygen atoms in total. The lowest BCUT2D eigenvalue weighted by Crippen LogP contribution is -2.37. The molecule has 59 heavy (non-hydrogen) atoms. The zero-order chi connectivity index (χ0) is 44.0. The van der Waals surface area contributed by atoms with Crippen LogP contribution in [0.4, 0.5) is 4.79 Å². The van der Waals surface area contributed by atoms with E-state index in [1.807, 2.05) is 13.8 Å². The van der Waals surface area contributed by atoms with E-state index in [-0.39, 0.29) is 30.8 Å². The molecule has 0 heterocycles. The Hall–Kier alpha value is -2.58. The summed E-state index contributed by atoms with van der Waals surface area (Å²) in [7, 11) is 0. The summed E-state index contributed by atoms with van der Waals surface area (Å²) in [6, 6.07) is 0. The van der Waals surface area contributed by atoms with Crippen molar-refractivity contribution in [1.82, 2.24) is 5.32 Å². The molecule has 0 aromatic heterocycles. The van der Waals surface area contributed by atoms with Crippen molar-refractivity contribution in [3.05, 3.63) is 12.2 Å². The van der Waals surface area contributed by atoms with Crippen LogP contribution in [0.1, 0.15) is 248 Å². The van der Waals surface area contributed by atoms with Gasteiger partial charge in [-0.1, -0.05) is 149 Å². The van der Waals surface area contributed by atoms with Gasteiger partial charge in [0, 0.05) is 25.0 Å². The Labute approximate surface area is 363 Å². The summed E-state index contributed by atoms with van der Waals surface area (Å²) in [5, 5.41) is 2.80. The zero-order valence-electron chi connectivity index (χ0n) is 39.5. The first-order valence-electron chi connectivity index (χ1n) is 24.5. The standard InChI is InChI=1S/C50H93NO8/c1-9-11-13-27-34-44(35-28-23-19-15-17-21-25-31-38-46(52)57-43(5)6)50(7,8)59-47(53)39-32-26-22-18-16-20-24-30-37-45(36-29-14-12-10-2)58-49(55)51-40-33-41-56-48(54)42(3)4/h43-45H,3,9-41H2,1-2,4-8H3,(H,51,55). The number of esters is 3. The first kappa shape index (κ1) is 56.4. The number of unbranched alkanes of at least 4 members (excludes halogenated alkanes) is 20. The summed E-state index contributed by atoms with van der Waals surface area (Å²) in [6.07, 6.45) is 32.8. The molecule has 0 saturated heterocycles. The van der Waals surface area contributed by atoms with Gasteiger partial charge in [-0.25, -0.2) is 9.59 Å². The summed E-state index contributed by atoms with van der Waals surface area (Å²) in [5.41, 5.74) is -0.0713. The van der Waals surface area contributed by atoms with E-state index in [0.717, 1.165) is 83.5 Å². The highest BCUT2D eigenvalue weighted by Crippen LogP contribution is 2.32. The molecular weight excluding hydrogens is 743 g/mol. The first-order valence-corrected chi connectivity index (χ1v) is 24.5. The quantitative estimate of drug-likeness (QED) is 0.0280. The fourth-order valence-corrected chi connectivity index (χ4v) is 7.63. The predicted molar refractivity (Wildman–Crippen MR) is 243 cm³/mol. The van der Waals surface area contributed by atoms with Gasteiger partial charge in [0.05, 0.1) is 12.7 Å². The third-order valence-electron chi connectivity index (χ3n) is 11.3. The second-order valence-corrected chi connectivity index (χ2v) is 18.0. The van der Waals surface area contributed by atoms with E-state index in [1.165, 1.54) is 96.3 Å². The molecule has 0 fully saturated rings. The van der Waals surface area contributed by atoms with Crippen LogP contribution in [0.3, 0.4) is 0 Å². The van der Waals surface area contributed by atoms with Gasteiger partial charge in [0.25, 0.3) is 0 Å². The number of carbonyl (C=O) groups is 4. The minimum Gasteiger partial charge on any atom is -0.463 e. The summed E-state index contributed by atoms with van der Waals surface area (Å²) >= 11 is 0. The van der Waals surface area contributed by atoms with Gasteiger partial charge in [-0.15, -0.1) is 0 Å². The van der Waals surface area contributed by atoms with E-state index in [2.05, 4.69) is 39.6 Å². The van der Waals surface area contributed by atoms with Crippen molar-refractivity contribution in [3.8, 4) is 0 Å². The van der Waals surface area contributed by atoms with Gasteiger partial charge in [0.2, 0.25) is 0 Å². The average Bonchev–Trinajstić information content (AvgIpc) is 3.17. The summed E-state index contributed by atoms with van der Waals surface area (Å²) < 4.78 is 22.3. The molecule has 9 heteroatoms. The molecule has 0 aliphatic rings. The fraction of sp³-hybridized carbons (Fsp3) is 0.880. The highest BCUT2D eigenvalue weighted by molar-refractivity contribution is 5.86. The van der Waals surface area contributed by atoms with Gasteiger partial charge in [0.1, 0.15) is 11.7 Å². The van der Waals surface area contributed by atoms with Gasteiger partial charge in [-0.05, 0) is 98.3 Å². The van der Waals surface area contributed by atoms with Crippen LogP contribution >= 0.6 is 0 Å². The second-order valence-electron chi connectivity index (χ2n) is 18.0. The van der Waals surface area contributed by atoms with Crippen molar-refractivity contribution < 1.29 is 38.1 Å². The van der Waals surface area contributed by atoms with Crippen LogP contribution in [0.5, 0.6) is 0 Å². The Morgan fingerprint density at radius 2 is 0.983 bits per heavy atom. The highest BCUT2D eigenvalue weighted by atomic mass is 16.6. The Morgan fingerprint density at radius 3 is 1.44 bits per heavy atom. The predicted octanol–water partition coefficient (Wildman–Crippen LogP) is 14.2. The monoisotopic (exact) mass is 836 g/mol. The van der Waals surface area contributed by atoms with Crippen molar-refractivity contribution in [2.45, 2.75) is 265 Å². The summed E-state index contributed by atoms with van der Waals surface area (Å²) in [6.45, 7) is 18.3. The normalized spacial score (nSPS) is 12.5. The second kappa shape index (κ2) is 38.3. The molecule has 0 aromatic rings. The minimum absolute atomic E-state index is 0.0278. The number of hydrogen-bond acceptors (Lipinski definition) is 8. The molecule has 1 amide bonds. The van der Waals surface area contributed by atoms with E-state index >= 15 is 0 Å². The van der Waals surface area contributed by atoms with Crippen molar-refractivity contribution in [2.75, 3.05) is 13.2 Å². The van der Waals surface area contributed by atoms with Crippen molar-refractivity contribution in [3.63, 3.8) is 0 Å². The highest BCUT2D eigenvalue weighted by Gasteiger charge is 2.32. The number of amides is 1. The Bertz CT molecular complexity index is 1070. The third-order valence-corrected chi connectivity index (χ3v) is 11.3. The molecule has 0 aromatic carbocycles.